The van der Waals surface area contributed by atoms with Crippen molar-refractivity contribution in [3.8, 4) is 5.75 Å². The van der Waals surface area contributed by atoms with Crippen LogP contribution in [-0.4, -0.2) is 17.5 Å². The number of nitrogens with zero attached hydrogens (tertiary/aromatic N) is 1. The van der Waals surface area contributed by atoms with Crippen LogP contribution < -0.4 is 15.8 Å². The van der Waals surface area contributed by atoms with Crippen molar-refractivity contribution in [2.75, 3.05) is 17.7 Å². The number of hydrogen-bond acceptors (Lipinski definition) is 5. The third-order valence-electron chi connectivity index (χ3n) is 2.67. The summed E-state index contributed by atoms with van der Waals surface area (Å²) in [6.07, 6.45) is 0.904. The highest BCUT2D eigenvalue weighted by Crippen LogP contribution is 2.28. The first kappa shape index (κ1) is 15.6. The molecule has 1 aromatic heterocycles. The number of nitrogens with one attached hydrogen (secondary N) is 1. The second kappa shape index (κ2) is 6.78. The summed E-state index contributed by atoms with van der Waals surface area (Å²) in [5.41, 5.74) is 6.80. The van der Waals surface area contributed by atoms with Gasteiger partial charge in [-0.25, -0.2) is 4.98 Å². The standard InChI is InChI=1S/C14H16ClN3O2S/c1-3-6-20-11-5-4-9(7-10(11)15)18-13(19)12-8(2)17-14(16)21-12/h4-5,7H,3,6H2,1-2H3,(H2,16,17)(H,18,19). The van der Waals surface area contributed by atoms with Crippen molar-refractivity contribution in [3.05, 3.63) is 33.8 Å². The summed E-state index contributed by atoms with van der Waals surface area (Å²) >= 11 is 7.28. The van der Waals surface area contributed by atoms with Gasteiger partial charge in [0.1, 0.15) is 10.6 Å². The van der Waals surface area contributed by atoms with E-state index < -0.39 is 0 Å². The third kappa shape index (κ3) is 3.86. The number of ether oxygens (including phenoxy) is 1. The number of rotatable bonds is 5. The van der Waals surface area contributed by atoms with Gasteiger partial charge in [-0.15, -0.1) is 0 Å². The molecular weight excluding hydrogens is 310 g/mol. The van der Waals surface area contributed by atoms with Gasteiger partial charge in [0.05, 0.1) is 17.3 Å². The number of nitrogen functional groups attached to an aromatic ring is 1. The lowest BCUT2D eigenvalue weighted by atomic mass is 10.3. The Balaban J connectivity index is 2.11. The minimum Gasteiger partial charge on any atom is -0.492 e. The Kier molecular flexibility index (Phi) is 5.03. The molecule has 1 aromatic carbocycles. The molecule has 0 aliphatic rings. The van der Waals surface area contributed by atoms with Crippen LogP contribution in [0.25, 0.3) is 0 Å². The van der Waals surface area contributed by atoms with Crippen LogP contribution in [0, 0.1) is 6.92 Å². The molecule has 0 bridgehead atoms. The number of nitrogens with two attached hydrogens (primary N) is 1. The molecule has 1 amide bonds. The lowest BCUT2D eigenvalue weighted by molar-refractivity contribution is 0.103. The van der Waals surface area contributed by atoms with Gasteiger partial charge in [0.15, 0.2) is 5.13 Å². The summed E-state index contributed by atoms with van der Waals surface area (Å²) in [4.78, 5) is 16.7. The molecule has 0 aliphatic carbocycles. The molecule has 0 aliphatic heterocycles. The fourth-order valence-electron chi connectivity index (χ4n) is 1.72. The summed E-state index contributed by atoms with van der Waals surface area (Å²) in [7, 11) is 0. The Labute approximate surface area is 132 Å². The largest absolute Gasteiger partial charge is 0.492 e. The van der Waals surface area contributed by atoms with Crippen molar-refractivity contribution in [1.29, 1.82) is 0 Å². The normalized spacial score (nSPS) is 10.4. The van der Waals surface area contributed by atoms with Crippen molar-refractivity contribution in [3.63, 3.8) is 0 Å². The number of hydrogen-bond donors (Lipinski definition) is 2. The molecule has 0 spiro atoms. The van der Waals surface area contributed by atoms with Gasteiger partial charge in [0.2, 0.25) is 0 Å². The average Bonchev–Trinajstić information content (AvgIpc) is 2.77. The van der Waals surface area contributed by atoms with E-state index in [1.807, 2.05) is 6.92 Å². The van der Waals surface area contributed by atoms with E-state index in [9.17, 15) is 4.79 Å². The van der Waals surface area contributed by atoms with Gasteiger partial charge in [0, 0.05) is 5.69 Å². The van der Waals surface area contributed by atoms with E-state index in [2.05, 4.69) is 10.3 Å². The van der Waals surface area contributed by atoms with E-state index in [1.54, 1.807) is 25.1 Å². The number of aromatic nitrogens is 1. The van der Waals surface area contributed by atoms with Gasteiger partial charge in [-0.3, -0.25) is 4.79 Å². The second-order valence-electron chi connectivity index (χ2n) is 4.41. The summed E-state index contributed by atoms with van der Waals surface area (Å²) in [6, 6.07) is 5.14. The minimum atomic E-state index is -0.250. The minimum absolute atomic E-state index is 0.250. The number of benzene rings is 1. The van der Waals surface area contributed by atoms with E-state index in [-0.39, 0.29) is 5.91 Å². The molecule has 5 nitrogen and oxygen atoms in total. The van der Waals surface area contributed by atoms with E-state index in [0.717, 1.165) is 17.8 Å². The first-order valence-electron chi connectivity index (χ1n) is 6.48. The maximum atomic E-state index is 12.1. The maximum absolute atomic E-state index is 12.1. The van der Waals surface area contributed by atoms with Crippen molar-refractivity contribution in [1.82, 2.24) is 4.98 Å². The van der Waals surface area contributed by atoms with Crippen LogP contribution in [0.5, 0.6) is 5.75 Å². The molecule has 1 heterocycles. The number of amides is 1. The van der Waals surface area contributed by atoms with Crippen LogP contribution in [0.1, 0.15) is 28.7 Å². The predicted molar refractivity (Wildman–Crippen MR) is 86.5 cm³/mol. The number of aryl methyl sites for hydroxylation is 1. The molecule has 0 unspecified atom stereocenters. The zero-order chi connectivity index (χ0) is 15.4. The van der Waals surface area contributed by atoms with Gasteiger partial charge >= 0.3 is 0 Å². The molecule has 2 aromatic rings. The summed E-state index contributed by atoms with van der Waals surface area (Å²) in [5.74, 6) is 0.356. The zero-order valence-corrected chi connectivity index (χ0v) is 13.3. The molecule has 0 radical (unpaired) electrons. The molecule has 21 heavy (non-hydrogen) atoms. The maximum Gasteiger partial charge on any atom is 0.267 e. The highest BCUT2D eigenvalue weighted by molar-refractivity contribution is 7.17. The molecule has 7 heteroatoms. The summed E-state index contributed by atoms with van der Waals surface area (Å²) < 4.78 is 5.48. The van der Waals surface area contributed by atoms with Gasteiger partial charge in [-0.2, -0.15) is 0 Å². The van der Waals surface area contributed by atoms with Crippen LogP contribution in [0.3, 0.4) is 0 Å². The molecule has 3 N–H and O–H groups in total. The molecule has 0 saturated carbocycles. The SMILES string of the molecule is CCCOc1ccc(NC(=O)c2sc(N)nc2C)cc1Cl. The first-order valence-corrected chi connectivity index (χ1v) is 7.67. The number of thiazole rings is 1. The molecule has 0 atom stereocenters. The van der Waals surface area contributed by atoms with Crippen LogP contribution in [0.15, 0.2) is 18.2 Å². The van der Waals surface area contributed by atoms with Gasteiger partial charge in [-0.05, 0) is 31.5 Å². The molecule has 2 rings (SSSR count). The second-order valence-corrected chi connectivity index (χ2v) is 5.85. The fourth-order valence-corrected chi connectivity index (χ4v) is 2.69. The highest BCUT2D eigenvalue weighted by Gasteiger charge is 2.15. The van der Waals surface area contributed by atoms with Gasteiger partial charge < -0.3 is 15.8 Å². The third-order valence-corrected chi connectivity index (χ3v) is 3.95. The monoisotopic (exact) mass is 325 g/mol. The molecule has 112 valence electrons. The van der Waals surface area contributed by atoms with Crippen molar-refractivity contribution < 1.29 is 9.53 Å². The molecule has 0 fully saturated rings. The quantitative estimate of drug-likeness (QED) is 0.878. The summed E-state index contributed by atoms with van der Waals surface area (Å²) in [6.45, 7) is 4.37. The summed E-state index contributed by atoms with van der Waals surface area (Å²) in [5, 5.41) is 3.61. The predicted octanol–water partition coefficient (Wildman–Crippen LogP) is 3.73. The van der Waals surface area contributed by atoms with Crippen molar-refractivity contribution >= 4 is 39.7 Å². The Morgan fingerprint density at radius 2 is 2.29 bits per heavy atom. The number of halogens is 1. The van der Waals surface area contributed by atoms with E-state index >= 15 is 0 Å². The zero-order valence-electron chi connectivity index (χ0n) is 11.8. The highest BCUT2D eigenvalue weighted by atomic mass is 35.5. The van der Waals surface area contributed by atoms with E-state index in [4.69, 9.17) is 22.1 Å². The average molecular weight is 326 g/mol. The van der Waals surface area contributed by atoms with Crippen LogP contribution in [-0.2, 0) is 0 Å². The lowest BCUT2D eigenvalue weighted by Crippen LogP contribution is -2.11. The number of carbonyl (C=O) groups is 1. The van der Waals surface area contributed by atoms with Crippen LogP contribution in [0.2, 0.25) is 5.02 Å². The number of carbonyl (C=O) groups excluding carboxylic acids is 1. The molecular formula is C14H16ClN3O2S. The smallest absolute Gasteiger partial charge is 0.267 e. The first-order chi connectivity index (χ1) is 10.0. The van der Waals surface area contributed by atoms with Gasteiger partial charge in [-0.1, -0.05) is 29.9 Å². The molecule has 0 saturated heterocycles. The number of anilines is 2. The topological polar surface area (TPSA) is 77.2 Å². The van der Waals surface area contributed by atoms with Crippen molar-refractivity contribution in [2.45, 2.75) is 20.3 Å². The van der Waals surface area contributed by atoms with E-state index in [0.29, 0.717) is 38.8 Å². The van der Waals surface area contributed by atoms with Gasteiger partial charge in [0.25, 0.3) is 5.91 Å². The lowest BCUT2D eigenvalue weighted by Gasteiger charge is -2.09. The van der Waals surface area contributed by atoms with Crippen LogP contribution >= 0.6 is 22.9 Å². The Morgan fingerprint density at radius 1 is 1.52 bits per heavy atom. The van der Waals surface area contributed by atoms with Crippen molar-refractivity contribution in [2.24, 2.45) is 0 Å². The van der Waals surface area contributed by atoms with E-state index in [1.165, 1.54) is 0 Å². The Morgan fingerprint density at radius 3 is 2.86 bits per heavy atom. The van der Waals surface area contributed by atoms with Crippen LogP contribution in [0.4, 0.5) is 10.8 Å². The Bertz CT molecular complexity index is 658. The fraction of sp³-hybridized carbons (Fsp3) is 0.286. The Hall–Kier alpha value is -1.79.